The number of benzene rings is 1. The summed E-state index contributed by atoms with van der Waals surface area (Å²) in [6.07, 6.45) is 0. The Hall–Kier alpha value is -2.51. The second-order valence-electron chi connectivity index (χ2n) is 2.69. The molecule has 0 fully saturated rings. The number of rotatable bonds is 2. The van der Waals surface area contributed by atoms with Gasteiger partial charge < -0.3 is 5.11 Å². The maximum absolute atomic E-state index is 13.1. The first kappa shape index (κ1) is 11.6. The lowest BCUT2D eigenvalue weighted by molar-refractivity contribution is 0.0697. The van der Waals surface area contributed by atoms with E-state index in [0.717, 1.165) is 18.2 Å². The van der Waals surface area contributed by atoms with E-state index < -0.39 is 11.8 Å². The molecule has 0 bridgehead atoms. The van der Waals surface area contributed by atoms with Gasteiger partial charge in [0.1, 0.15) is 5.82 Å². The number of hydrogen-bond acceptors (Lipinski definition) is 2. The summed E-state index contributed by atoms with van der Waals surface area (Å²) < 4.78 is 13.1. The Morgan fingerprint density at radius 1 is 1.62 bits per heavy atom. The number of carbonyl (C=O) groups is 1. The van der Waals surface area contributed by atoms with E-state index in [0.29, 0.717) is 0 Å². The number of aromatic carboxylic acids is 1. The topological polar surface area (TPSA) is 86.1 Å². The third kappa shape index (κ3) is 3.01. The number of nitrogens with zero attached hydrogens (tertiary/aromatic N) is 3. The van der Waals surface area contributed by atoms with Gasteiger partial charge in [0.05, 0.1) is 17.7 Å². The fourth-order valence-corrected chi connectivity index (χ4v) is 0.956. The molecule has 1 aromatic carbocycles. The Bertz CT molecular complexity index is 525. The van der Waals surface area contributed by atoms with Crippen molar-refractivity contribution in [2.45, 2.75) is 0 Å². The van der Waals surface area contributed by atoms with Crippen LogP contribution >= 0.6 is 0 Å². The Morgan fingerprint density at radius 2 is 2.38 bits per heavy atom. The van der Waals surface area contributed by atoms with E-state index in [9.17, 15) is 9.18 Å². The first-order chi connectivity index (χ1) is 7.65. The summed E-state index contributed by atoms with van der Waals surface area (Å²) in [5.74, 6) is 3.03. The van der Waals surface area contributed by atoms with Crippen LogP contribution in [-0.4, -0.2) is 17.6 Å². The van der Waals surface area contributed by atoms with E-state index in [1.165, 1.54) is 0 Å². The van der Waals surface area contributed by atoms with Gasteiger partial charge in [-0.1, -0.05) is 17.0 Å². The SMILES string of the molecule is [N-]=[N+]=NCC#Cc1cc(C(=O)O)ccc1F. The zero-order valence-electron chi connectivity index (χ0n) is 8.01. The highest BCUT2D eigenvalue weighted by atomic mass is 19.1. The molecule has 16 heavy (non-hydrogen) atoms. The highest BCUT2D eigenvalue weighted by molar-refractivity contribution is 5.88. The fourth-order valence-electron chi connectivity index (χ4n) is 0.956. The van der Waals surface area contributed by atoms with Crippen molar-refractivity contribution in [2.24, 2.45) is 5.11 Å². The molecule has 0 heterocycles. The minimum absolute atomic E-state index is 0.0342. The third-order valence-electron chi connectivity index (χ3n) is 1.65. The average molecular weight is 219 g/mol. The third-order valence-corrected chi connectivity index (χ3v) is 1.65. The lowest BCUT2D eigenvalue weighted by Crippen LogP contribution is -1.97. The molecule has 0 aliphatic heterocycles. The van der Waals surface area contributed by atoms with Crippen LogP contribution in [0.5, 0.6) is 0 Å². The Labute approximate surface area is 90.1 Å². The molecule has 0 unspecified atom stereocenters. The van der Waals surface area contributed by atoms with Gasteiger partial charge >= 0.3 is 5.97 Å². The van der Waals surface area contributed by atoms with Gasteiger partial charge in [0.2, 0.25) is 0 Å². The highest BCUT2D eigenvalue weighted by Crippen LogP contribution is 2.09. The van der Waals surface area contributed by atoms with Crippen molar-refractivity contribution < 1.29 is 14.3 Å². The molecule has 0 saturated heterocycles. The lowest BCUT2D eigenvalue weighted by atomic mass is 10.1. The number of carboxylic acid groups (broad SMARTS) is 1. The number of azide groups is 1. The normalized spacial score (nSPS) is 8.56. The molecular weight excluding hydrogens is 213 g/mol. The molecule has 0 amide bonds. The molecule has 1 aromatic rings. The van der Waals surface area contributed by atoms with Crippen LogP contribution in [0.3, 0.4) is 0 Å². The van der Waals surface area contributed by atoms with Crippen LogP contribution in [0.1, 0.15) is 15.9 Å². The largest absolute Gasteiger partial charge is 0.478 e. The van der Waals surface area contributed by atoms with Crippen molar-refractivity contribution in [2.75, 3.05) is 6.54 Å². The molecule has 0 atom stereocenters. The van der Waals surface area contributed by atoms with Crippen LogP contribution in [0.25, 0.3) is 10.4 Å². The molecule has 1 rings (SSSR count). The van der Waals surface area contributed by atoms with Crippen molar-refractivity contribution in [3.8, 4) is 11.8 Å². The summed E-state index contributed by atoms with van der Waals surface area (Å²) >= 11 is 0. The fraction of sp³-hybridized carbons (Fsp3) is 0.100. The highest BCUT2D eigenvalue weighted by Gasteiger charge is 2.06. The van der Waals surface area contributed by atoms with Gasteiger partial charge in [0, 0.05) is 4.91 Å². The van der Waals surface area contributed by atoms with Gasteiger partial charge in [-0.2, -0.15) is 0 Å². The second-order valence-corrected chi connectivity index (χ2v) is 2.69. The van der Waals surface area contributed by atoms with Crippen molar-refractivity contribution in [3.63, 3.8) is 0 Å². The smallest absolute Gasteiger partial charge is 0.335 e. The van der Waals surface area contributed by atoms with Crippen molar-refractivity contribution in [1.29, 1.82) is 0 Å². The first-order valence-electron chi connectivity index (χ1n) is 4.17. The molecule has 6 heteroatoms. The second kappa shape index (κ2) is 5.39. The van der Waals surface area contributed by atoms with Gasteiger partial charge in [-0.05, 0) is 23.7 Å². The van der Waals surface area contributed by atoms with Gasteiger partial charge in [-0.15, -0.1) is 0 Å². The van der Waals surface area contributed by atoms with Crippen LogP contribution in [0, 0.1) is 17.7 Å². The van der Waals surface area contributed by atoms with Gasteiger partial charge in [0.25, 0.3) is 0 Å². The zero-order valence-corrected chi connectivity index (χ0v) is 8.01. The van der Waals surface area contributed by atoms with Crippen LogP contribution in [0.15, 0.2) is 23.3 Å². The summed E-state index contributed by atoms with van der Waals surface area (Å²) in [7, 11) is 0. The number of halogens is 1. The minimum Gasteiger partial charge on any atom is -0.478 e. The molecule has 0 aromatic heterocycles. The van der Waals surface area contributed by atoms with Crippen LogP contribution in [0.2, 0.25) is 0 Å². The van der Waals surface area contributed by atoms with Crippen LogP contribution < -0.4 is 0 Å². The number of carboxylic acids is 1. The molecule has 0 aliphatic rings. The van der Waals surface area contributed by atoms with Crippen LogP contribution in [0.4, 0.5) is 4.39 Å². The van der Waals surface area contributed by atoms with Crippen LogP contribution in [-0.2, 0) is 0 Å². The standard InChI is InChI=1S/C10H6FN3O2/c11-9-4-3-8(10(15)16)6-7(9)2-1-5-13-14-12/h3-4,6H,5H2,(H,15,16). The minimum atomic E-state index is -1.15. The van der Waals surface area contributed by atoms with Crippen molar-refractivity contribution in [3.05, 3.63) is 45.6 Å². The summed E-state index contributed by atoms with van der Waals surface area (Å²) in [6.45, 7) is -0.0900. The molecule has 5 nitrogen and oxygen atoms in total. The van der Waals surface area contributed by atoms with Crippen molar-refractivity contribution >= 4 is 5.97 Å². The Balaban J connectivity index is 3.01. The van der Waals surface area contributed by atoms with E-state index in [-0.39, 0.29) is 17.7 Å². The first-order valence-corrected chi connectivity index (χ1v) is 4.17. The van der Waals surface area contributed by atoms with Gasteiger partial charge in [-0.3, -0.25) is 0 Å². The van der Waals surface area contributed by atoms with E-state index in [1.54, 1.807) is 0 Å². The maximum atomic E-state index is 13.1. The molecular formula is C10H6FN3O2. The lowest BCUT2D eigenvalue weighted by Gasteiger charge is -1.96. The quantitative estimate of drug-likeness (QED) is 0.357. The summed E-state index contributed by atoms with van der Waals surface area (Å²) in [5.41, 5.74) is 7.89. The van der Waals surface area contributed by atoms with E-state index >= 15 is 0 Å². The van der Waals surface area contributed by atoms with Gasteiger partial charge in [-0.25, -0.2) is 9.18 Å². The van der Waals surface area contributed by atoms with E-state index in [2.05, 4.69) is 21.9 Å². The molecule has 0 radical (unpaired) electrons. The van der Waals surface area contributed by atoms with Gasteiger partial charge in [0.15, 0.2) is 0 Å². The number of hydrogen-bond donors (Lipinski definition) is 1. The summed E-state index contributed by atoms with van der Waals surface area (Å²) in [4.78, 5) is 13.1. The predicted molar refractivity (Wildman–Crippen MR) is 54.3 cm³/mol. The molecule has 80 valence electrons. The Morgan fingerprint density at radius 3 is 3.00 bits per heavy atom. The van der Waals surface area contributed by atoms with E-state index in [4.69, 9.17) is 10.6 Å². The monoisotopic (exact) mass is 219 g/mol. The molecule has 0 aliphatic carbocycles. The maximum Gasteiger partial charge on any atom is 0.335 e. The van der Waals surface area contributed by atoms with Crippen molar-refractivity contribution in [1.82, 2.24) is 0 Å². The summed E-state index contributed by atoms with van der Waals surface area (Å²) in [6, 6.07) is 3.30. The zero-order chi connectivity index (χ0) is 12.0. The van der Waals surface area contributed by atoms with E-state index in [1.807, 2.05) is 0 Å². The molecule has 0 spiro atoms. The Kier molecular flexibility index (Phi) is 3.90. The average Bonchev–Trinajstić information content (AvgIpc) is 2.26. The predicted octanol–water partition coefficient (Wildman–Crippen LogP) is 2.19. The molecule has 1 N–H and O–H groups in total. The molecule has 0 saturated carbocycles. The summed E-state index contributed by atoms with van der Waals surface area (Å²) in [5, 5.41) is 11.8.